The summed E-state index contributed by atoms with van der Waals surface area (Å²) in [5.41, 5.74) is 5.46. The summed E-state index contributed by atoms with van der Waals surface area (Å²) < 4.78 is 38.0. The number of hydrogen-bond donors (Lipinski definition) is 1. The molecule has 0 saturated heterocycles. The third kappa shape index (κ3) is 2.89. The van der Waals surface area contributed by atoms with Gasteiger partial charge in [0.25, 0.3) is 0 Å². The van der Waals surface area contributed by atoms with E-state index in [9.17, 15) is 13.6 Å². The highest BCUT2D eigenvalue weighted by molar-refractivity contribution is 5.92. The number of amides is 1. The molecule has 2 N–H and O–H groups in total. The second kappa shape index (κ2) is 6.48. The van der Waals surface area contributed by atoms with Gasteiger partial charge in [0.05, 0.1) is 18.4 Å². The standard InChI is InChI=1S/C15H14F2N2O3/c1-21-11-4-3-9(16)13(17)12(11)14(22-2)10-7-8(15(18)20)5-6-19-10/h3-7,14H,1-2H3,(H2,18,20). The normalized spacial score (nSPS) is 12.0. The highest BCUT2D eigenvalue weighted by atomic mass is 19.2. The molecular weight excluding hydrogens is 294 g/mol. The largest absolute Gasteiger partial charge is 0.496 e. The Hall–Kier alpha value is -2.54. The van der Waals surface area contributed by atoms with Crippen LogP contribution in [-0.4, -0.2) is 25.1 Å². The van der Waals surface area contributed by atoms with Gasteiger partial charge < -0.3 is 15.2 Å². The van der Waals surface area contributed by atoms with E-state index in [-0.39, 0.29) is 22.6 Å². The molecule has 5 nitrogen and oxygen atoms in total. The zero-order chi connectivity index (χ0) is 16.3. The number of methoxy groups -OCH3 is 2. The van der Waals surface area contributed by atoms with Crippen molar-refractivity contribution in [2.45, 2.75) is 6.10 Å². The average Bonchev–Trinajstić information content (AvgIpc) is 2.52. The summed E-state index contributed by atoms with van der Waals surface area (Å²) in [4.78, 5) is 15.3. The molecule has 2 aromatic rings. The van der Waals surface area contributed by atoms with Gasteiger partial charge >= 0.3 is 0 Å². The Labute approximate surface area is 125 Å². The van der Waals surface area contributed by atoms with E-state index in [1.54, 1.807) is 0 Å². The SMILES string of the molecule is COc1ccc(F)c(F)c1C(OC)c1cc(C(N)=O)ccn1. The molecule has 1 aromatic heterocycles. The van der Waals surface area contributed by atoms with Crippen LogP contribution in [0.25, 0.3) is 0 Å². The lowest BCUT2D eigenvalue weighted by atomic mass is 10.0. The quantitative estimate of drug-likeness (QED) is 0.919. The molecule has 0 fully saturated rings. The molecule has 1 amide bonds. The lowest BCUT2D eigenvalue weighted by Gasteiger charge is -2.19. The Kier molecular flexibility index (Phi) is 4.67. The number of rotatable bonds is 5. The van der Waals surface area contributed by atoms with Gasteiger partial charge in [-0.2, -0.15) is 0 Å². The highest BCUT2D eigenvalue weighted by Crippen LogP contribution is 2.35. The topological polar surface area (TPSA) is 74.4 Å². The van der Waals surface area contributed by atoms with Gasteiger partial charge in [-0.15, -0.1) is 0 Å². The first-order valence-corrected chi connectivity index (χ1v) is 6.30. The fourth-order valence-electron chi connectivity index (χ4n) is 2.10. The Bertz CT molecular complexity index is 707. The maximum absolute atomic E-state index is 14.2. The van der Waals surface area contributed by atoms with Crippen molar-refractivity contribution in [3.05, 3.63) is 58.9 Å². The van der Waals surface area contributed by atoms with Crippen LogP contribution in [0.15, 0.2) is 30.5 Å². The minimum Gasteiger partial charge on any atom is -0.496 e. The number of aromatic nitrogens is 1. The van der Waals surface area contributed by atoms with Crippen molar-refractivity contribution in [3.63, 3.8) is 0 Å². The van der Waals surface area contributed by atoms with Crippen LogP contribution in [-0.2, 0) is 4.74 Å². The highest BCUT2D eigenvalue weighted by Gasteiger charge is 2.26. The third-order valence-corrected chi connectivity index (χ3v) is 3.14. The smallest absolute Gasteiger partial charge is 0.248 e. The first kappa shape index (κ1) is 15.8. The molecule has 0 aliphatic carbocycles. The van der Waals surface area contributed by atoms with Crippen LogP contribution in [0.1, 0.15) is 27.7 Å². The molecule has 0 bridgehead atoms. The molecule has 116 valence electrons. The number of hydrogen-bond acceptors (Lipinski definition) is 4. The number of nitrogens with zero attached hydrogens (tertiary/aromatic N) is 1. The molecule has 22 heavy (non-hydrogen) atoms. The van der Waals surface area contributed by atoms with Gasteiger partial charge in [-0.05, 0) is 24.3 Å². The van der Waals surface area contributed by atoms with Crippen molar-refractivity contribution in [1.82, 2.24) is 4.98 Å². The van der Waals surface area contributed by atoms with Gasteiger partial charge in [-0.1, -0.05) is 0 Å². The Morgan fingerprint density at radius 2 is 2.00 bits per heavy atom. The number of benzene rings is 1. The molecule has 0 radical (unpaired) electrons. The number of carbonyl (C=O) groups excluding carboxylic acids is 1. The Morgan fingerprint density at radius 1 is 1.27 bits per heavy atom. The molecule has 1 heterocycles. The number of pyridine rings is 1. The minimum atomic E-state index is -1.10. The minimum absolute atomic E-state index is 0.108. The summed E-state index contributed by atoms with van der Waals surface area (Å²) in [7, 11) is 2.64. The second-order valence-electron chi connectivity index (χ2n) is 4.43. The molecule has 0 aliphatic heterocycles. The van der Waals surface area contributed by atoms with Gasteiger partial charge in [-0.3, -0.25) is 9.78 Å². The predicted molar refractivity (Wildman–Crippen MR) is 74.5 cm³/mol. The molecular formula is C15H14F2N2O3. The van der Waals surface area contributed by atoms with Crippen molar-refractivity contribution >= 4 is 5.91 Å². The van der Waals surface area contributed by atoms with Crippen LogP contribution in [0.5, 0.6) is 5.75 Å². The van der Waals surface area contributed by atoms with Crippen LogP contribution >= 0.6 is 0 Å². The summed E-state index contributed by atoms with van der Waals surface area (Å²) in [6.07, 6.45) is 0.287. The summed E-state index contributed by atoms with van der Waals surface area (Å²) in [6.45, 7) is 0. The van der Waals surface area contributed by atoms with Crippen LogP contribution < -0.4 is 10.5 Å². The maximum atomic E-state index is 14.2. The molecule has 0 spiro atoms. The summed E-state index contributed by atoms with van der Waals surface area (Å²) in [5.74, 6) is -2.69. The molecule has 1 aromatic carbocycles. The molecule has 1 atom stereocenters. The van der Waals surface area contributed by atoms with E-state index in [2.05, 4.69) is 4.98 Å². The number of nitrogens with two attached hydrogens (primary N) is 1. The van der Waals surface area contributed by atoms with Crippen LogP contribution in [0, 0.1) is 11.6 Å². The zero-order valence-corrected chi connectivity index (χ0v) is 12.0. The van der Waals surface area contributed by atoms with E-state index in [0.717, 1.165) is 6.07 Å². The molecule has 7 heteroatoms. The van der Waals surface area contributed by atoms with E-state index in [0.29, 0.717) is 0 Å². The van der Waals surface area contributed by atoms with Crippen LogP contribution in [0.3, 0.4) is 0 Å². The zero-order valence-electron chi connectivity index (χ0n) is 12.0. The fourth-order valence-corrected chi connectivity index (χ4v) is 2.10. The molecule has 2 rings (SSSR count). The van der Waals surface area contributed by atoms with E-state index < -0.39 is 23.6 Å². The predicted octanol–water partition coefficient (Wildman–Crippen LogP) is 2.20. The van der Waals surface area contributed by atoms with E-state index in [4.69, 9.17) is 15.2 Å². The van der Waals surface area contributed by atoms with Gasteiger partial charge in [0.1, 0.15) is 11.9 Å². The molecule has 0 aliphatic rings. The third-order valence-electron chi connectivity index (χ3n) is 3.14. The second-order valence-corrected chi connectivity index (χ2v) is 4.43. The monoisotopic (exact) mass is 308 g/mol. The molecule has 1 unspecified atom stereocenters. The van der Waals surface area contributed by atoms with Crippen LogP contribution in [0.2, 0.25) is 0 Å². The van der Waals surface area contributed by atoms with Crippen LogP contribution in [0.4, 0.5) is 8.78 Å². The lowest BCUT2D eigenvalue weighted by Crippen LogP contribution is -2.15. The number of ether oxygens (including phenoxy) is 2. The number of halogens is 2. The van der Waals surface area contributed by atoms with E-state index in [1.165, 1.54) is 38.6 Å². The van der Waals surface area contributed by atoms with Gasteiger partial charge in [-0.25, -0.2) is 8.78 Å². The first-order chi connectivity index (χ1) is 10.5. The average molecular weight is 308 g/mol. The molecule has 0 saturated carbocycles. The number of carbonyl (C=O) groups is 1. The van der Waals surface area contributed by atoms with Gasteiger partial charge in [0.2, 0.25) is 5.91 Å². The summed E-state index contributed by atoms with van der Waals surface area (Å²) in [5, 5.41) is 0. The van der Waals surface area contributed by atoms with Crippen molar-refractivity contribution in [2.75, 3.05) is 14.2 Å². The van der Waals surface area contributed by atoms with Crippen molar-refractivity contribution in [2.24, 2.45) is 5.73 Å². The van der Waals surface area contributed by atoms with Crippen molar-refractivity contribution < 1.29 is 23.0 Å². The Morgan fingerprint density at radius 3 is 2.59 bits per heavy atom. The number of primary amides is 1. The van der Waals surface area contributed by atoms with E-state index in [1.807, 2.05) is 0 Å². The lowest BCUT2D eigenvalue weighted by molar-refractivity contribution is 0.0999. The summed E-state index contributed by atoms with van der Waals surface area (Å²) in [6, 6.07) is 5.02. The fraction of sp³-hybridized carbons (Fsp3) is 0.200. The first-order valence-electron chi connectivity index (χ1n) is 6.30. The summed E-state index contributed by atoms with van der Waals surface area (Å²) >= 11 is 0. The van der Waals surface area contributed by atoms with Gasteiger partial charge in [0.15, 0.2) is 11.6 Å². The van der Waals surface area contributed by atoms with Crippen molar-refractivity contribution in [1.29, 1.82) is 0 Å². The van der Waals surface area contributed by atoms with E-state index >= 15 is 0 Å². The van der Waals surface area contributed by atoms with Gasteiger partial charge in [0, 0.05) is 18.9 Å². The Balaban J connectivity index is 2.60. The van der Waals surface area contributed by atoms with Crippen molar-refractivity contribution in [3.8, 4) is 5.75 Å². The maximum Gasteiger partial charge on any atom is 0.248 e.